The van der Waals surface area contributed by atoms with Gasteiger partial charge in [0.2, 0.25) is 0 Å². The normalized spacial score (nSPS) is 10.1. The van der Waals surface area contributed by atoms with E-state index in [9.17, 15) is 4.79 Å². The Morgan fingerprint density at radius 3 is 2.85 bits per heavy atom. The molecule has 70 valence electrons. The standard InChI is InChI=1S/C9H7BrClIO/c10-4-3-9(13)7-5-6(11)1-2-8(7)12/h1-2,5H,3-4H2. The molecule has 1 aromatic rings. The molecule has 0 aliphatic carbocycles. The summed E-state index contributed by atoms with van der Waals surface area (Å²) < 4.78 is 0.952. The van der Waals surface area contributed by atoms with Gasteiger partial charge in [0.15, 0.2) is 5.78 Å². The van der Waals surface area contributed by atoms with Crippen LogP contribution in [0.15, 0.2) is 18.2 Å². The molecule has 0 amide bonds. The molecule has 1 aromatic carbocycles. The first-order chi connectivity index (χ1) is 6.15. The molecule has 0 radical (unpaired) electrons. The van der Waals surface area contributed by atoms with Crippen molar-refractivity contribution in [3.8, 4) is 0 Å². The van der Waals surface area contributed by atoms with Gasteiger partial charge in [0.1, 0.15) is 0 Å². The molecule has 0 atom stereocenters. The van der Waals surface area contributed by atoms with Crippen LogP contribution in [0.25, 0.3) is 0 Å². The SMILES string of the molecule is O=C(CCBr)c1cc(Cl)ccc1I. The summed E-state index contributed by atoms with van der Waals surface area (Å²) in [7, 11) is 0. The lowest BCUT2D eigenvalue weighted by molar-refractivity contribution is 0.0989. The fourth-order valence-electron chi connectivity index (χ4n) is 0.932. The van der Waals surface area contributed by atoms with Crippen LogP contribution in [0, 0.1) is 3.57 Å². The number of halogens is 3. The van der Waals surface area contributed by atoms with Crippen molar-refractivity contribution in [2.24, 2.45) is 0 Å². The van der Waals surface area contributed by atoms with E-state index in [1.54, 1.807) is 12.1 Å². The van der Waals surface area contributed by atoms with Crippen LogP contribution in [0.4, 0.5) is 0 Å². The Kier molecular flexibility index (Phi) is 4.69. The molecular weight excluding hydrogens is 366 g/mol. The second-order valence-corrected chi connectivity index (χ2v) is 4.88. The highest BCUT2D eigenvalue weighted by Crippen LogP contribution is 2.19. The monoisotopic (exact) mass is 372 g/mol. The number of ketones is 1. The van der Waals surface area contributed by atoms with Gasteiger partial charge in [0.25, 0.3) is 0 Å². The Bertz CT molecular complexity index is 327. The van der Waals surface area contributed by atoms with Gasteiger partial charge in [-0.05, 0) is 40.8 Å². The smallest absolute Gasteiger partial charge is 0.164 e. The predicted octanol–water partition coefficient (Wildman–Crippen LogP) is 3.91. The lowest BCUT2D eigenvalue weighted by atomic mass is 10.1. The average Bonchev–Trinajstić information content (AvgIpc) is 2.09. The van der Waals surface area contributed by atoms with Crippen LogP contribution in [0.3, 0.4) is 0 Å². The highest BCUT2D eigenvalue weighted by molar-refractivity contribution is 14.1. The molecule has 1 nitrogen and oxygen atoms in total. The van der Waals surface area contributed by atoms with Crippen LogP contribution in [0.5, 0.6) is 0 Å². The van der Waals surface area contributed by atoms with Crippen molar-refractivity contribution in [3.05, 3.63) is 32.4 Å². The second-order valence-electron chi connectivity index (χ2n) is 2.49. The number of alkyl halides is 1. The molecule has 0 N–H and O–H groups in total. The van der Waals surface area contributed by atoms with Gasteiger partial charge in [0.05, 0.1) is 0 Å². The molecule has 0 saturated heterocycles. The molecular formula is C9H7BrClIO. The number of carbonyl (C=O) groups is 1. The van der Waals surface area contributed by atoms with Crippen molar-refractivity contribution < 1.29 is 4.79 Å². The molecule has 0 aliphatic rings. The summed E-state index contributed by atoms with van der Waals surface area (Å²) in [5.41, 5.74) is 0.715. The third-order valence-electron chi connectivity index (χ3n) is 1.55. The largest absolute Gasteiger partial charge is 0.294 e. The second kappa shape index (κ2) is 5.32. The zero-order valence-electron chi connectivity index (χ0n) is 6.69. The van der Waals surface area contributed by atoms with E-state index in [2.05, 4.69) is 38.5 Å². The first kappa shape index (κ1) is 11.5. The first-order valence-corrected chi connectivity index (χ1v) is 6.27. The summed E-state index contributed by atoms with van der Waals surface area (Å²) in [6, 6.07) is 5.35. The minimum absolute atomic E-state index is 0.128. The minimum atomic E-state index is 0.128. The highest BCUT2D eigenvalue weighted by Gasteiger charge is 2.09. The third kappa shape index (κ3) is 3.22. The maximum Gasteiger partial charge on any atom is 0.164 e. The molecule has 0 unspecified atom stereocenters. The summed E-state index contributed by atoms with van der Waals surface area (Å²) >= 11 is 11.2. The molecule has 0 fully saturated rings. The zero-order chi connectivity index (χ0) is 9.84. The van der Waals surface area contributed by atoms with Gasteiger partial charge in [-0.3, -0.25) is 4.79 Å². The van der Waals surface area contributed by atoms with Crippen LogP contribution in [0.1, 0.15) is 16.8 Å². The highest BCUT2D eigenvalue weighted by atomic mass is 127. The van der Waals surface area contributed by atoms with Crippen LogP contribution in [-0.2, 0) is 0 Å². The van der Waals surface area contributed by atoms with E-state index in [0.717, 1.165) is 3.57 Å². The quantitative estimate of drug-likeness (QED) is 0.446. The van der Waals surface area contributed by atoms with E-state index in [1.807, 2.05) is 6.07 Å². The van der Waals surface area contributed by atoms with Gasteiger partial charge in [-0.2, -0.15) is 0 Å². The fraction of sp³-hybridized carbons (Fsp3) is 0.222. The summed E-state index contributed by atoms with van der Waals surface area (Å²) in [5.74, 6) is 0.128. The topological polar surface area (TPSA) is 17.1 Å². The maximum atomic E-state index is 11.5. The van der Waals surface area contributed by atoms with Crippen LogP contribution >= 0.6 is 50.1 Å². The summed E-state index contributed by atoms with van der Waals surface area (Å²) in [4.78, 5) is 11.5. The minimum Gasteiger partial charge on any atom is -0.294 e. The lowest BCUT2D eigenvalue weighted by Gasteiger charge is -2.02. The van der Waals surface area contributed by atoms with Crippen LogP contribution in [-0.4, -0.2) is 11.1 Å². The van der Waals surface area contributed by atoms with Crippen LogP contribution in [0.2, 0.25) is 5.02 Å². The first-order valence-electron chi connectivity index (χ1n) is 3.69. The summed E-state index contributed by atoms with van der Waals surface area (Å²) in [6.45, 7) is 0. The number of rotatable bonds is 3. The number of hydrogen-bond donors (Lipinski definition) is 0. The van der Waals surface area contributed by atoms with Crippen molar-refractivity contribution in [1.82, 2.24) is 0 Å². The van der Waals surface area contributed by atoms with Gasteiger partial charge < -0.3 is 0 Å². The molecule has 1 rings (SSSR count). The Morgan fingerprint density at radius 2 is 2.23 bits per heavy atom. The number of hydrogen-bond acceptors (Lipinski definition) is 1. The Hall–Kier alpha value is 0.390. The number of carbonyl (C=O) groups excluding carboxylic acids is 1. The predicted molar refractivity (Wildman–Crippen MR) is 66.9 cm³/mol. The van der Waals surface area contributed by atoms with E-state index >= 15 is 0 Å². The summed E-state index contributed by atoms with van der Waals surface area (Å²) in [5, 5.41) is 1.30. The van der Waals surface area contributed by atoms with E-state index in [0.29, 0.717) is 22.3 Å². The number of Topliss-reactive ketones (excluding diaryl/α,β-unsaturated/α-hetero) is 1. The van der Waals surface area contributed by atoms with Crippen molar-refractivity contribution in [2.45, 2.75) is 6.42 Å². The van der Waals surface area contributed by atoms with Crippen molar-refractivity contribution in [2.75, 3.05) is 5.33 Å². The maximum absolute atomic E-state index is 11.5. The van der Waals surface area contributed by atoms with Gasteiger partial charge in [0, 0.05) is 25.9 Å². The molecule has 0 spiro atoms. The zero-order valence-corrected chi connectivity index (χ0v) is 11.2. The Morgan fingerprint density at radius 1 is 1.54 bits per heavy atom. The van der Waals surface area contributed by atoms with Gasteiger partial charge >= 0.3 is 0 Å². The Labute approximate surface area is 104 Å². The lowest BCUT2D eigenvalue weighted by Crippen LogP contribution is -2.01. The molecule has 0 bridgehead atoms. The van der Waals surface area contributed by atoms with E-state index in [1.165, 1.54) is 0 Å². The summed E-state index contributed by atoms with van der Waals surface area (Å²) in [6.07, 6.45) is 0.510. The Balaban J connectivity index is 2.99. The fourth-order valence-corrected chi connectivity index (χ4v) is 2.10. The van der Waals surface area contributed by atoms with Gasteiger partial charge in [-0.1, -0.05) is 27.5 Å². The molecule has 0 aliphatic heterocycles. The molecule has 0 aromatic heterocycles. The van der Waals surface area contributed by atoms with Crippen molar-refractivity contribution >= 4 is 55.9 Å². The van der Waals surface area contributed by atoms with Crippen molar-refractivity contribution in [3.63, 3.8) is 0 Å². The average molecular weight is 373 g/mol. The molecule has 13 heavy (non-hydrogen) atoms. The molecule has 0 saturated carbocycles. The van der Waals surface area contributed by atoms with Gasteiger partial charge in [-0.25, -0.2) is 0 Å². The molecule has 0 heterocycles. The van der Waals surface area contributed by atoms with E-state index < -0.39 is 0 Å². The van der Waals surface area contributed by atoms with Gasteiger partial charge in [-0.15, -0.1) is 0 Å². The van der Waals surface area contributed by atoms with E-state index in [4.69, 9.17) is 11.6 Å². The number of benzene rings is 1. The van der Waals surface area contributed by atoms with Crippen molar-refractivity contribution in [1.29, 1.82) is 0 Å². The molecule has 4 heteroatoms. The third-order valence-corrected chi connectivity index (χ3v) is 3.12. The van der Waals surface area contributed by atoms with E-state index in [-0.39, 0.29) is 5.78 Å². The van der Waals surface area contributed by atoms with Crippen LogP contribution < -0.4 is 0 Å².